The minimum atomic E-state index is -0.411. The van der Waals surface area contributed by atoms with Gasteiger partial charge in [0.05, 0.1) is 41.9 Å². The molecule has 0 heterocycles. The summed E-state index contributed by atoms with van der Waals surface area (Å²) < 4.78 is 11.6. The van der Waals surface area contributed by atoms with Crippen LogP contribution >= 0.6 is 0 Å². The van der Waals surface area contributed by atoms with Gasteiger partial charge in [0.2, 0.25) is 0 Å². The molecule has 0 radical (unpaired) electrons. The predicted molar refractivity (Wildman–Crippen MR) is 175 cm³/mol. The van der Waals surface area contributed by atoms with Crippen LogP contribution in [0.2, 0.25) is 0 Å². The van der Waals surface area contributed by atoms with Crippen molar-refractivity contribution in [3.8, 4) is 17.9 Å². The van der Waals surface area contributed by atoms with Gasteiger partial charge in [-0.05, 0) is 74.1 Å². The summed E-state index contributed by atoms with van der Waals surface area (Å²) in [6, 6.07) is 29.6. The number of hydrogen-bond donors (Lipinski definition) is 0. The number of ether oxygens (including phenoxy) is 2. The molecule has 0 aliphatic carbocycles. The average molecular weight is 575 g/mol. The molecule has 0 fully saturated rings. The molecule has 3 aromatic carbocycles. The van der Waals surface area contributed by atoms with Gasteiger partial charge in [-0.1, -0.05) is 99.3 Å². The number of hydrogen-bond acceptors (Lipinski definition) is 5. The van der Waals surface area contributed by atoms with Crippen LogP contribution in [0, 0.1) is 28.1 Å². The van der Waals surface area contributed by atoms with Crippen LogP contribution in [-0.2, 0) is 9.53 Å². The van der Waals surface area contributed by atoms with Gasteiger partial charge in [0.15, 0.2) is 0 Å². The normalized spacial score (nSPS) is 11.8. The molecule has 43 heavy (non-hydrogen) atoms. The van der Waals surface area contributed by atoms with E-state index in [1.807, 2.05) is 112 Å². The number of esters is 1. The van der Waals surface area contributed by atoms with Crippen LogP contribution in [0.1, 0.15) is 88.0 Å². The highest BCUT2D eigenvalue weighted by atomic mass is 16.5. The standard InChI is InChI=1S/C38H42N2O3/c1-4-38(2,3)37(41)43-24-16-8-6-5-7-15-23-42-36-22-21-30(26-34(28-39)31-17-11-9-12-18-31)25-33(36)27-35(29-40)32-19-13-10-14-20-32/h9-14,17-22,25-27H,4-8,15-16,23-24H2,1-3H3/b34-26+,35-27+. The fourth-order valence-corrected chi connectivity index (χ4v) is 4.42. The zero-order valence-electron chi connectivity index (χ0n) is 25.6. The second-order valence-corrected chi connectivity index (χ2v) is 11.2. The lowest BCUT2D eigenvalue weighted by Gasteiger charge is -2.20. The van der Waals surface area contributed by atoms with E-state index >= 15 is 0 Å². The van der Waals surface area contributed by atoms with Gasteiger partial charge in [-0.15, -0.1) is 0 Å². The van der Waals surface area contributed by atoms with E-state index in [9.17, 15) is 15.3 Å². The quantitative estimate of drug-likeness (QED) is 0.0736. The van der Waals surface area contributed by atoms with Crippen molar-refractivity contribution in [2.45, 2.75) is 65.7 Å². The average Bonchev–Trinajstić information content (AvgIpc) is 3.04. The first-order chi connectivity index (χ1) is 20.9. The summed E-state index contributed by atoms with van der Waals surface area (Å²) in [6.07, 6.45) is 10.6. The molecule has 0 bridgehead atoms. The Morgan fingerprint density at radius 3 is 1.84 bits per heavy atom. The fraction of sp³-hybridized carbons (Fsp3) is 0.342. The summed E-state index contributed by atoms with van der Waals surface area (Å²) in [6.45, 7) is 6.90. The third-order valence-electron chi connectivity index (χ3n) is 7.52. The van der Waals surface area contributed by atoms with Crippen molar-refractivity contribution in [1.29, 1.82) is 10.5 Å². The van der Waals surface area contributed by atoms with Gasteiger partial charge in [0.25, 0.3) is 0 Å². The van der Waals surface area contributed by atoms with Gasteiger partial charge in [-0.2, -0.15) is 10.5 Å². The van der Waals surface area contributed by atoms with E-state index in [0.29, 0.717) is 30.1 Å². The fourth-order valence-electron chi connectivity index (χ4n) is 4.42. The van der Waals surface area contributed by atoms with E-state index in [1.54, 1.807) is 0 Å². The molecule has 0 saturated heterocycles. The third-order valence-corrected chi connectivity index (χ3v) is 7.52. The van der Waals surface area contributed by atoms with Crippen LogP contribution in [0.5, 0.6) is 5.75 Å². The van der Waals surface area contributed by atoms with Gasteiger partial charge >= 0.3 is 5.97 Å². The van der Waals surface area contributed by atoms with E-state index in [1.165, 1.54) is 0 Å². The topological polar surface area (TPSA) is 83.1 Å². The zero-order chi connectivity index (χ0) is 30.9. The molecule has 0 spiro atoms. The minimum Gasteiger partial charge on any atom is -0.493 e. The molecule has 222 valence electrons. The lowest BCUT2D eigenvalue weighted by Crippen LogP contribution is -2.26. The lowest BCUT2D eigenvalue weighted by atomic mass is 9.91. The van der Waals surface area contributed by atoms with Gasteiger partial charge in [0, 0.05) is 5.56 Å². The van der Waals surface area contributed by atoms with Crippen molar-refractivity contribution in [3.63, 3.8) is 0 Å². The Bertz CT molecular complexity index is 1460. The van der Waals surface area contributed by atoms with Crippen LogP contribution < -0.4 is 4.74 Å². The molecule has 0 unspecified atom stereocenters. The van der Waals surface area contributed by atoms with Crippen molar-refractivity contribution in [3.05, 3.63) is 101 Å². The van der Waals surface area contributed by atoms with E-state index in [2.05, 4.69) is 12.1 Å². The number of carbonyl (C=O) groups excluding carboxylic acids is 1. The SMILES string of the molecule is CCC(C)(C)C(=O)OCCCCCCCCOc1ccc(/C=C(\C#N)c2ccccc2)cc1/C=C(\C#N)c1ccccc1. The highest BCUT2D eigenvalue weighted by Crippen LogP contribution is 2.28. The van der Waals surface area contributed by atoms with Gasteiger partial charge in [-0.3, -0.25) is 4.79 Å². The third kappa shape index (κ3) is 10.6. The maximum absolute atomic E-state index is 12.1. The molecule has 0 saturated carbocycles. The Balaban J connectivity index is 1.61. The van der Waals surface area contributed by atoms with Crippen molar-refractivity contribution in [1.82, 2.24) is 0 Å². The van der Waals surface area contributed by atoms with Crippen molar-refractivity contribution in [2.75, 3.05) is 13.2 Å². The molecule has 5 heteroatoms. The Hall–Kier alpha value is -4.61. The Labute approximate surface area is 257 Å². The Kier molecular flexibility index (Phi) is 13.3. The highest BCUT2D eigenvalue weighted by molar-refractivity contribution is 5.93. The first kappa shape index (κ1) is 32.9. The van der Waals surface area contributed by atoms with Crippen molar-refractivity contribution >= 4 is 29.3 Å². The monoisotopic (exact) mass is 574 g/mol. The summed E-state index contributed by atoms with van der Waals surface area (Å²) in [5.74, 6) is 0.591. The number of nitriles is 2. The summed E-state index contributed by atoms with van der Waals surface area (Å²) in [4.78, 5) is 12.1. The molecule has 3 aromatic rings. The van der Waals surface area contributed by atoms with E-state index in [-0.39, 0.29) is 5.97 Å². The van der Waals surface area contributed by atoms with Crippen LogP contribution in [0.3, 0.4) is 0 Å². The summed E-state index contributed by atoms with van der Waals surface area (Å²) >= 11 is 0. The van der Waals surface area contributed by atoms with Crippen LogP contribution in [0.4, 0.5) is 0 Å². The smallest absolute Gasteiger partial charge is 0.311 e. The number of rotatable bonds is 16. The highest BCUT2D eigenvalue weighted by Gasteiger charge is 2.26. The number of allylic oxidation sites excluding steroid dienone is 2. The lowest BCUT2D eigenvalue weighted by molar-refractivity contribution is -0.154. The maximum Gasteiger partial charge on any atom is 0.311 e. The van der Waals surface area contributed by atoms with E-state index in [4.69, 9.17) is 9.47 Å². The summed E-state index contributed by atoms with van der Waals surface area (Å²) in [7, 11) is 0. The van der Waals surface area contributed by atoms with Crippen molar-refractivity contribution < 1.29 is 14.3 Å². The maximum atomic E-state index is 12.1. The van der Waals surface area contributed by atoms with Crippen LogP contribution in [0.25, 0.3) is 23.3 Å². The number of benzene rings is 3. The largest absolute Gasteiger partial charge is 0.493 e. The predicted octanol–water partition coefficient (Wildman–Crippen LogP) is 9.51. The molecule has 0 aliphatic heterocycles. The summed E-state index contributed by atoms with van der Waals surface area (Å²) in [5, 5.41) is 19.7. The molecule has 0 N–H and O–H groups in total. The molecule has 0 aromatic heterocycles. The van der Waals surface area contributed by atoms with Crippen LogP contribution in [0.15, 0.2) is 78.9 Å². The first-order valence-corrected chi connectivity index (χ1v) is 15.2. The Morgan fingerprint density at radius 1 is 0.744 bits per heavy atom. The number of unbranched alkanes of at least 4 members (excludes halogenated alkanes) is 5. The van der Waals surface area contributed by atoms with Gasteiger partial charge in [-0.25, -0.2) is 0 Å². The molecule has 3 rings (SSSR count). The molecule has 0 aliphatic rings. The molecular formula is C38H42N2O3. The Morgan fingerprint density at radius 2 is 1.28 bits per heavy atom. The van der Waals surface area contributed by atoms with E-state index in [0.717, 1.165) is 67.2 Å². The molecule has 0 atom stereocenters. The number of nitrogens with zero attached hydrogens (tertiary/aromatic N) is 2. The van der Waals surface area contributed by atoms with E-state index < -0.39 is 5.41 Å². The molecule has 0 amide bonds. The molecule has 5 nitrogen and oxygen atoms in total. The second kappa shape index (κ2) is 17.4. The van der Waals surface area contributed by atoms with Gasteiger partial charge in [0.1, 0.15) is 5.75 Å². The van der Waals surface area contributed by atoms with Gasteiger partial charge < -0.3 is 9.47 Å². The first-order valence-electron chi connectivity index (χ1n) is 15.2. The minimum absolute atomic E-state index is 0.113. The van der Waals surface area contributed by atoms with Crippen LogP contribution in [-0.4, -0.2) is 19.2 Å². The second-order valence-electron chi connectivity index (χ2n) is 11.2. The summed E-state index contributed by atoms with van der Waals surface area (Å²) in [5.41, 5.74) is 4.03. The van der Waals surface area contributed by atoms with Crippen molar-refractivity contribution in [2.24, 2.45) is 5.41 Å². The number of carbonyl (C=O) groups is 1. The molecular weight excluding hydrogens is 532 g/mol. The zero-order valence-corrected chi connectivity index (χ0v) is 25.6.